The molecule has 0 atom stereocenters. The topological polar surface area (TPSA) is 63.1 Å². The van der Waals surface area contributed by atoms with Crippen molar-refractivity contribution in [1.82, 2.24) is 5.32 Å². The van der Waals surface area contributed by atoms with Gasteiger partial charge in [-0.25, -0.2) is 0 Å². The quantitative estimate of drug-likeness (QED) is 0.820. The first-order valence-corrected chi connectivity index (χ1v) is 10.4. The Hall–Kier alpha value is -2.63. The SMILES string of the molecule is Oc1ccc(/C2=N/C(c3ccc(OC4CCNCC4)cc3)=C/CCCOC2)cc1. The minimum Gasteiger partial charge on any atom is -0.508 e. The van der Waals surface area contributed by atoms with Gasteiger partial charge in [-0.2, -0.15) is 0 Å². The summed E-state index contributed by atoms with van der Waals surface area (Å²) in [5, 5.41) is 12.9. The van der Waals surface area contributed by atoms with Gasteiger partial charge in [-0.05, 0) is 92.9 Å². The largest absolute Gasteiger partial charge is 0.508 e. The van der Waals surface area contributed by atoms with E-state index >= 15 is 0 Å². The predicted octanol–water partition coefficient (Wildman–Crippen LogP) is 4.16. The first-order valence-electron chi connectivity index (χ1n) is 10.4. The molecule has 0 spiro atoms. The highest BCUT2D eigenvalue weighted by atomic mass is 16.5. The summed E-state index contributed by atoms with van der Waals surface area (Å²) in [6.07, 6.45) is 6.47. The van der Waals surface area contributed by atoms with E-state index in [1.54, 1.807) is 12.1 Å². The van der Waals surface area contributed by atoms with Gasteiger partial charge in [-0.1, -0.05) is 6.08 Å². The van der Waals surface area contributed by atoms with Crippen molar-refractivity contribution in [3.63, 3.8) is 0 Å². The Morgan fingerprint density at radius 2 is 1.69 bits per heavy atom. The number of benzene rings is 2. The number of hydrogen-bond acceptors (Lipinski definition) is 5. The fourth-order valence-electron chi connectivity index (χ4n) is 3.61. The predicted molar refractivity (Wildman–Crippen MR) is 116 cm³/mol. The van der Waals surface area contributed by atoms with Gasteiger partial charge < -0.3 is 19.9 Å². The maximum Gasteiger partial charge on any atom is 0.119 e. The van der Waals surface area contributed by atoms with Crippen LogP contribution >= 0.6 is 0 Å². The molecule has 5 nitrogen and oxygen atoms in total. The molecule has 5 heteroatoms. The van der Waals surface area contributed by atoms with Gasteiger partial charge in [0, 0.05) is 12.2 Å². The molecule has 1 fully saturated rings. The molecule has 2 aromatic carbocycles. The van der Waals surface area contributed by atoms with E-state index in [9.17, 15) is 5.11 Å². The van der Waals surface area contributed by atoms with Crippen LogP contribution in [0.25, 0.3) is 5.70 Å². The summed E-state index contributed by atoms with van der Waals surface area (Å²) in [4.78, 5) is 4.93. The third-order valence-corrected chi connectivity index (χ3v) is 5.26. The van der Waals surface area contributed by atoms with Gasteiger partial charge in [0.2, 0.25) is 0 Å². The molecule has 2 N–H and O–H groups in total. The molecule has 0 bridgehead atoms. The molecule has 0 amide bonds. The molecular formula is C24H28N2O3. The van der Waals surface area contributed by atoms with E-state index in [0.717, 1.165) is 67.1 Å². The van der Waals surface area contributed by atoms with E-state index in [2.05, 4.69) is 23.5 Å². The Balaban J connectivity index is 1.55. The van der Waals surface area contributed by atoms with Gasteiger partial charge in [0.05, 0.1) is 18.0 Å². The number of hydrogen-bond donors (Lipinski definition) is 2. The summed E-state index contributed by atoms with van der Waals surface area (Å²) < 4.78 is 11.9. The Morgan fingerprint density at radius 1 is 0.966 bits per heavy atom. The van der Waals surface area contributed by atoms with Gasteiger partial charge in [-0.3, -0.25) is 4.99 Å². The Morgan fingerprint density at radius 3 is 2.45 bits per heavy atom. The minimum absolute atomic E-state index is 0.249. The summed E-state index contributed by atoms with van der Waals surface area (Å²) in [6.45, 7) is 3.21. The van der Waals surface area contributed by atoms with Crippen LogP contribution in [0.4, 0.5) is 0 Å². The lowest BCUT2D eigenvalue weighted by atomic mass is 10.1. The number of phenolic OH excluding ortho intramolecular Hbond substituents is 1. The number of aromatic hydroxyl groups is 1. The molecule has 2 aliphatic rings. The lowest BCUT2D eigenvalue weighted by Gasteiger charge is -2.23. The Kier molecular flexibility index (Phi) is 6.60. The summed E-state index contributed by atoms with van der Waals surface area (Å²) in [5.74, 6) is 1.16. The zero-order valence-electron chi connectivity index (χ0n) is 16.6. The summed E-state index contributed by atoms with van der Waals surface area (Å²) in [7, 11) is 0. The first kappa shape index (κ1) is 19.7. The number of nitrogens with one attached hydrogen (secondary N) is 1. The molecule has 0 aromatic heterocycles. The standard InChI is InChI=1S/C24H28N2O3/c27-20-8-4-19(5-9-20)24-17-28-16-2-1-3-23(26-24)18-6-10-21(11-7-18)29-22-12-14-25-15-13-22/h3-11,22,25,27H,1-2,12-17H2/b23-3+,26-24+. The second kappa shape index (κ2) is 9.72. The van der Waals surface area contributed by atoms with Gasteiger partial charge in [0.25, 0.3) is 0 Å². The monoisotopic (exact) mass is 392 g/mol. The number of phenols is 1. The van der Waals surface area contributed by atoms with E-state index in [4.69, 9.17) is 14.5 Å². The number of nitrogens with zero attached hydrogens (tertiary/aromatic N) is 1. The highest BCUT2D eigenvalue weighted by Gasteiger charge is 2.15. The molecule has 0 unspecified atom stereocenters. The zero-order valence-corrected chi connectivity index (χ0v) is 16.6. The summed E-state index contributed by atoms with van der Waals surface area (Å²) in [6, 6.07) is 15.4. The fraction of sp³-hybridized carbons (Fsp3) is 0.375. The third-order valence-electron chi connectivity index (χ3n) is 5.26. The normalized spacial score (nSPS) is 22.3. The summed E-state index contributed by atoms with van der Waals surface area (Å²) in [5.41, 5.74) is 3.85. The molecule has 29 heavy (non-hydrogen) atoms. The molecule has 0 saturated carbocycles. The van der Waals surface area contributed by atoms with Crippen molar-refractivity contribution >= 4 is 11.4 Å². The maximum absolute atomic E-state index is 9.58. The molecule has 4 rings (SSSR count). The molecule has 0 radical (unpaired) electrons. The van der Waals surface area contributed by atoms with Crippen molar-refractivity contribution < 1.29 is 14.6 Å². The van der Waals surface area contributed by atoms with E-state index in [1.165, 1.54) is 0 Å². The van der Waals surface area contributed by atoms with E-state index in [1.807, 2.05) is 24.3 Å². The van der Waals surface area contributed by atoms with Crippen LogP contribution in [-0.4, -0.2) is 43.2 Å². The Labute approximate surface area is 172 Å². The van der Waals surface area contributed by atoms with Crippen LogP contribution in [0.2, 0.25) is 0 Å². The van der Waals surface area contributed by atoms with Crippen molar-refractivity contribution in [2.75, 3.05) is 26.3 Å². The van der Waals surface area contributed by atoms with Gasteiger partial charge in [-0.15, -0.1) is 0 Å². The number of ether oxygens (including phenoxy) is 2. The molecule has 2 aromatic rings. The van der Waals surface area contributed by atoms with Crippen LogP contribution in [0.5, 0.6) is 11.5 Å². The second-order valence-electron chi connectivity index (χ2n) is 7.48. The lowest BCUT2D eigenvalue weighted by molar-refractivity contribution is 0.162. The molecular weight excluding hydrogens is 364 g/mol. The average Bonchev–Trinajstić information content (AvgIpc) is 2.88. The van der Waals surface area contributed by atoms with E-state index in [0.29, 0.717) is 19.3 Å². The maximum atomic E-state index is 9.58. The molecule has 2 heterocycles. The number of aliphatic imine (C=N–C) groups is 1. The number of rotatable bonds is 4. The van der Waals surface area contributed by atoms with Crippen molar-refractivity contribution in [1.29, 1.82) is 0 Å². The van der Waals surface area contributed by atoms with Gasteiger partial charge >= 0.3 is 0 Å². The van der Waals surface area contributed by atoms with Crippen LogP contribution < -0.4 is 10.1 Å². The average molecular weight is 392 g/mol. The number of allylic oxidation sites excluding steroid dienone is 1. The highest BCUT2D eigenvalue weighted by molar-refractivity contribution is 6.04. The van der Waals surface area contributed by atoms with Crippen molar-refractivity contribution in [2.24, 2.45) is 4.99 Å². The van der Waals surface area contributed by atoms with E-state index in [-0.39, 0.29) is 5.75 Å². The third kappa shape index (κ3) is 5.46. The lowest BCUT2D eigenvalue weighted by Crippen LogP contribution is -2.34. The van der Waals surface area contributed by atoms with Crippen LogP contribution in [-0.2, 0) is 4.74 Å². The van der Waals surface area contributed by atoms with E-state index < -0.39 is 0 Å². The van der Waals surface area contributed by atoms with Gasteiger partial charge in [0.1, 0.15) is 17.6 Å². The summed E-state index contributed by atoms with van der Waals surface area (Å²) >= 11 is 0. The van der Waals surface area contributed by atoms with Crippen LogP contribution in [0, 0.1) is 0 Å². The second-order valence-corrected chi connectivity index (χ2v) is 7.48. The number of piperidine rings is 1. The molecule has 152 valence electrons. The smallest absolute Gasteiger partial charge is 0.119 e. The minimum atomic E-state index is 0.249. The Bertz CT molecular complexity index is 851. The van der Waals surface area contributed by atoms with Crippen LogP contribution in [0.3, 0.4) is 0 Å². The highest BCUT2D eigenvalue weighted by Crippen LogP contribution is 2.24. The van der Waals surface area contributed by atoms with Crippen LogP contribution in [0.1, 0.15) is 36.8 Å². The fourth-order valence-corrected chi connectivity index (χ4v) is 3.61. The molecule has 1 saturated heterocycles. The zero-order chi connectivity index (χ0) is 19.9. The van der Waals surface area contributed by atoms with Gasteiger partial charge in [0.15, 0.2) is 0 Å². The van der Waals surface area contributed by atoms with Crippen LogP contribution in [0.15, 0.2) is 59.6 Å². The van der Waals surface area contributed by atoms with Crippen molar-refractivity contribution in [3.05, 3.63) is 65.7 Å². The molecule has 2 aliphatic heterocycles. The first-order chi connectivity index (χ1) is 14.3. The van der Waals surface area contributed by atoms with Crippen molar-refractivity contribution in [2.45, 2.75) is 31.8 Å². The molecule has 0 aliphatic carbocycles. The van der Waals surface area contributed by atoms with Crippen molar-refractivity contribution in [3.8, 4) is 11.5 Å².